The Bertz CT molecular complexity index is 902. The molecular formula is C16H25N3O6S2. The number of aliphatic carboxylic acids is 1. The van der Waals surface area contributed by atoms with E-state index in [4.69, 9.17) is 12.2 Å². The summed E-state index contributed by atoms with van der Waals surface area (Å²) in [6.07, 6.45) is 5.48. The lowest BCUT2D eigenvalue weighted by Gasteiger charge is -2.11. The van der Waals surface area contributed by atoms with Crippen LogP contribution in [0.5, 0.6) is 5.88 Å². The SMILES string of the molecule is CCCCCCn1c(O)c(C=N[C@H](CCS(C)(=O)=O)C(=O)O)c(=O)[nH]c1=S. The van der Waals surface area contributed by atoms with Gasteiger partial charge in [-0.3, -0.25) is 19.3 Å². The summed E-state index contributed by atoms with van der Waals surface area (Å²) in [5, 5.41) is 19.5. The number of carboxylic acid groups (broad SMARTS) is 1. The first-order valence-corrected chi connectivity index (χ1v) is 11.0. The fourth-order valence-electron chi connectivity index (χ4n) is 2.35. The molecule has 0 aromatic carbocycles. The van der Waals surface area contributed by atoms with Crippen LogP contribution in [0.15, 0.2) is 9.79 Å². The predicted molar refractivity (Wildman–Crippen MR) is 105 cm³/mol. The topological polar surface area (TPSA) is 142 Å². The molecule has 27 heavy (non-hydrogen) atoms. The van der Waals surface area contributed by atoms with Gasteiger partial charge in [-0.15, -0.1) is 0 Å². The lowest BCUT2D eigenvalue weighted by Crippen LogP contribution is -2.23. The molecule has 0 saturated heterocycles. The van der Waals surface area contributed by atoms with Crippen LogP contribution in [-0.2, 0) is 21.2 Å². The minimum absolute atomic E-state index is 0.0676. The highest BCUT2D eigenvalue weighted by molar-refractivity contribution is 7.90. The Labute approximate surface area is 162 Å². The summed E-state index contributed by atoms with van der Waals surface area (Å²) < 4.78 is 23.9. The maximum Gasteiger partial charge on any atom is 0.328 e. The van der Waals surface area contributed by atoms with Crippen molar-refractivity contribution in [2.24, 2.45) is 4.99 Å². The number of carboxylic acids is 1. The minimum Gasteiger partial charge on any atom is -0.494 e. The number of aliphatic imine (C=N–C) groups is 1. The van der Waals surface area contributed by atoms with E-state index < -0.39 is 33.3 Å². The molecule has 0 fully saturated rings. The highest BCUT2D eigenvalue weighted by Gasteiger charge is 2.19. The van der Waals surface area contributed by atoms with Crippen molar-refractivity contribution < 1.29 is 23.4 Å². The van der Waals surface area contributed by atoms with E-state index in [0.717, 1.165) is 38.2 Å². The van der Waals surface area contributed by atoms with Gasteiger partial charge in [0.1, 0.15) is 21.4 Å². The Hall–Kier alpha value is -2.01. The molecule has 0 aliphatic rings. The Morgan fingerprint density at radius 2 is 2.04 bits per heavy atom. The summed E-state index contributed by atoms with van der Waals surface area (Å²) in [7, 11) is -3.35. The van der Waals surface area contributed by atoms with E-state index in [0.29, 0.717) is 6.54 Å². The monoisotopic (exact) mass is 419 g/mol. The molecule has 0 amide bonds. The molecule has 3 N–H and O–H groups in total. The second-order valence-corrected chi connectivity index (χ2v) is 8.91. The van der Waals surface area contributed by atoms with Crippen LogP contribution in [0.1, 0.15) is 44.6 Å². The number of hydrogen-bond acceptors (Lipinski definition) is 7. The summed E-state index contributed by atoms with van der Waals surface area (Å²) in [5.74, 6) is -2.07. The molecular weight excluding hydrogens is 394 g/mol. The van der Waals surface area contributed by atoms with Gasteiger partial charge in [0.2, 0.25) is 5.88 Å². The number of nitrogens with one attached hydrogen (secondary N) is 1. The third-order valence-electron chi connectivity index (χ3n) is 3.87. The molecule has 1 rings (SSSR count). The molecule has 0 aliphatic carbocycles. The zero-order chi connectivity index (χ0) is 20.6. The van der Waals surface area contributed by atoms with Gasteiger partial charge in [-0.05, 0) is 25.1 Å². The van der Waals surface area contributed by atoms with Crippen LogP contribution >= 0.6 is 12.2 Å². The van der Waals surface area contributed by atoms with Crippen LogP contribution in [-0.4, -0.2) is 58.4 Å². The summed E-state index contributed by atoms with van der Waals surface area (Å²) >= 11 is 5.07. The molecule has 1 aromatic heterocycles. The van der Waals surface area contributed by atoms with E-state index in [1.165, 1.54) is 4.57 Å². The van der Waals surface area contributed by atoms with Crippen molar-refractivity contribution >= 4 is 34.2 Å². The fourth-order valence-corrected chi connectivity index (χ4v) is 3.27. The third kappa shape index (κ3) is 7.63. The van der Waals surface area contributed by atoms with E-state index in [1.54, 1.807) is 0 Å². The van der Waals surface area contributed by atoms with Gasteiger partial charge < -0.3 is 10.2 Å². The Kier molecular flexibility index (Phi) is 8.83. The van der Waals surface area contributed by atoms with E-state index >= 15 is 0 Å². The van der Waals surface area contributed by atoms with Crippen LogP contribution in [0.3, 0.4) is 0 Å². The number of sulfone groups is 1. The molecule has 0 aliphatic heterocycles. The molecule has 9 nitrogen and oxygen atoms in total. The normalized spacial score (nSPS) is 13.1. The van der Waals surface area contributed by atoms with Crippen molar-refractivity contribution in [3.63, 3.8) is 0 Å². The summed E-state index contributed by atoms with van der Waals surface area (Å²) in [6.45, 7) is 2.47. The van der Waals surface area contributed by atoms with Crippen molar-refractivity contribution in [3.8, 4) is 5.88 Å². The molecule has 0 unspecified atom stereocenters. The van der Waals surface area contributed by atoms with Gasteiger partial charge in [0.05, 0.1) is 5.75 Å². The predicted octanol–water partition coefficient (Wildman–Crippen LogP) is 1.50. The number of aromatic amines is 1. The average Bonchev–Trinajstić information content (AvgIpc) is 2.55. The first kappa shape index (κ1) is 23.0. The van der Waals surface area contributed by atoms with Crippen molar-refractivity contribution in [1.29, 1.82) is 0 Å². The number of H-pyrrole nitrogens is 1. The number of aromatic nitrogens is 2. The van der Waals surface area contributed by atoms with E-state index in [9.17, 15) is 28.2 Å². The number of aromatic hydroxyl groups is 1. The zero-order valence-corrected chi connectivity index (χ0v) is 17.0. The summed E-state index contributed by atoms with van der Waals surface area (Å²) in [5.41, 5.74) is -0.914. The number of rotatable bonds is 11. The molecule has 11 heteroatoms. The van der Waals surface area contributed by atoms with Crippen molar-refractivity contribution in [2.45, 2.75) is 51.6 Å². The van der Waals surface area contributed by atoms with Gasteiger partial charge in [-0.25, -0.2) is 13.2 Å². The largest absolute Gasteiger partial charge is 0.494 e. The maximum absolute atomic E-state index is 12.1. The first-order chi connectivity index (χ1) is 12.6. The number of nitrogens with zero attached hydrogens (tertiary/aromatic N) is 2. The highest BCUT2D eigenvalue weighted by atomic mass is 32.2. The van der Waals surface area contributed by atoms with Gasteiger partial charge in [0, 0.05) is 19.0 Å². The molecule has 0 saturated carbocycles. The molecule has 1 heterocycles. The maximum atomic E-state index is 12.1. The lowest BCUT2D eigenvalue weighted by atomic mass is 10.2. The van der Waals surface area contributed by atoms with Crippen molar-refractivity contribution in [2.75, 3.05) is 12.0 Å². The van der Waals surface area contributed by atoms with Gasteiger partial charge in [-0.1, -0.05) is 26.2 Å². The second kappa shape index (κ2) is 10.4. The standard InChI is InChI=1S/C16H25N3O6S2/c1-3-4-5-6-8-19-14(21)11(13(20)18-16(19)26)10-17-12(15(22)23)7-9-27(2,24)25/h10,12,21H,3-9H2,1-2H3,(H,22,23)(H,18,20,26)/t12-/m1/s1. The van der Waals surface area contributed by atoms with Crippen molar-refractivity contribution in [1.82, 2.24) is 9.55 Å². The van der Waals surface area contributed by atoms with Crippen LogP contribution in [0.2, 0.25) is 0 Å². The Morgan fingerprint density at radius 3 is 2.59 bits per heavy atom. The number of carbonyl (C=O) groups is 1. The highest BCUT2D eigenvalue weighted by Crippen LogP contribution is 2.14. The van der Waals surface area contributed by atoms with Crippen LogP contribution in [0.25, 0.3) is 0 Å². The second-order valence-electron chi connectivity index (χ2n) is 6.26. The molecule has 1 atom stereocenters. The smallest absolute Gasteiger partial charge is 0.328 e. The van der Waals surface area contributed by atoms with Crippen LogP contribution in [0, 0.1) is 4.77 Å². The van der Waals surface area contributed by atoms with Gasteiger partial charge >= 0.3 is 5.97 Å². The van der Waals surface area contributed by atoms with Gasteiger partial charge in [0.25, 0.3) is 5.56 Å². The summed E-state index contributed by atoms with van der Waals surface area (Å²) in [4.78, 5) is 29.5. The molecule has 152 valence electrons. The molecule has 0 radical (unpaired) electrons. The van der Waals surface area contributed by atoms with E-state index in [-0.39, 0.29) is 22.5 Å². The number of unbranched alkanes of at least 4 members (excludes halogenated alkanes) is 3. The van der Waals surface area contributed by atoms with Gasteiger partial charge in [0.15, 0.2) is 4.77 Å². The fraction of sp³-hybridized carbons (Fsp3) is 0.625. The Morgan fingerprint density at radius 1 is 1.37 bits per heavy atom. The van der Waals surface area contributed by atoms with E-state index in [2.05, 4.69) is 16.9 Å². The first-order valence-electron chi connectivity index (χ1n) is 8.56. The van der Waals surface area contributed by atoms with E-state index in [1.807, 2.05) is 0 Å². The lowest BCUT2D eigenvalue weighted by molar-refractivity contribution is -0.138. The van der Waals surface area contributed by atoms with Crippen molar-refractivity contribution in [3.05, 3.63) is 20.7 Å². The quantitative estimate of drug-likeness (QED) is 0.280. The minimum atomic E-state index is -3.35. The summed E-state index contributed by atoms with van der Waals surface area (Å²) in [6, 6.07) is -1.35. The van der Waals surface area contributed by atoms with Gasteiger partial charge in [-0.2, -0.15) is 0 Å². The number of hydrogen-bond donors (Lipinski definition) is 3. The van der Waals surface area contributed by atoms with Crippen LogP contribution < -0.4 is 5.56 Å². The molecule has 0 spiro atoms. The average molecular weight is 420 g/mol. The third-order valence-corrected chi connectivity index (χ3v) is 5.17. The Balaban J connectivity index is 3.09. The molecule has 0 bridgehead atoms. The van der Waals surface area contributed by atoms with Crippen LogP contribution in [0.4, 0.5) is 0 Å². The molecule has 1 aromatic rings. The zero-order valence-electron chi connectivity index (χ0n) is 15.3.